The van der Waals surface area contributed by atoms with Gasteiger partial charge in [0.05, 0.1) is 5.41 Å². The number of carboxylic acid groups (broad SMARTS) is 1. The zero-order valence-corrected chi connectivity index (χ0v) is 30.2. The summed E-state index contributed by atoms with van der Waals surface area (Å²) in [4.78, 5) is 38.9. The lowest BCUT2D eigenvalue weighted by Gasteiger charge is -2.70. The van der Waals surface area contributed by atoms with Gasteiger partial charge in [0, 0.05) is 18.4 Å². The van der Waals surface area contributed by atoms with Gasteiger partial charge in [-0.3, -0.25) is 9.59 Å². The maximum Gasteiger partial charge on any atom is 0.331 e. The quantitative estimate of drug-likeness (QED) is 0.185. The van der Waals surface area contributed by atoms with Crippen LogP contribution in [-0.4, -0.2) is 40.3 Å². The Kier molecular flexibility index (Phi) is 8.32. The summed E-state index contributed by atoms with van der Waals surface area (Å²) >= 11 is 0. The number of allylic oxidation sites excluding steroid dienone is 2. The minimum Gasteiger partial charge on any atom is -0.508 e. The normalized spacial score (nSPS) is 41.1. The molecule has 0 heterocycles. The Balaban J connectivity index is 1.33. The Labute approximate surface area is 286 Å². The maximum atomic E-state index is 13.3. The lowest BCUT2D eigenvalue weighted by Crippen LogP contribution is -2.66. The van der Waals surface area contributed by atoms with Crippen LogP contribution in [-0.2, 0) is 23.9 Å². The van der Waals surface area contributed by atoms with Crippen LogP contribution >= 0.6 is 0 Å². The van der Waals surface area contributed by atoms with E-state index in [0.29, 0.717) is 18.8 Å². The number of phenolic OH excluding ortho intramolecular Hbond substituents is 1. The van der Waals surface area contributed by atoms with Gasteiger partial charge in [-0.15, -0.1) is 0 Å². The van der Waals surface area contributed by atoms with Gasteiger partial charge in [0.25, 0.3) is 0 Å². The number of fused-ring (bicyclic) bond motifs is 7. The molecular formula is C41H56O7. The first kappa shape index (κ1) is 34.8. The number of carbonyl (C=O) groups is 3. The summed E-state index contributed by atoms with van der Waals surface area (Å²) in [6, 6.07) is 6.59. The van der Waals surface area contributed by atoms with E-state index < -0.39 is 35.0 Å². The van der Waals surface area contributed by atoms with E-state index in [9.17, 15) is 24.6 Å². The summed E-state index contributed by atoms with van der Waals surface area (Å²) in [5.74, 6) is -0.685. The number of hydrogen-bond donors (Lipinski definition) is 2. The minimum absolute atomic E-state index is 0.0995. The highest BCUT2D eigenvalue weighted by atomic mass is 16.6. The molecule has 5 aliphatic rings. The van der Waals surface area contributed by atoms with Gasteiger partial charge in [0.15, 0.2) is 0 Å². The molecule has 0 unspecified atom stereocenters. The fourth-order valence-corrected chi connectivity index (χ4v) is 12.4. The second kappa shape index (κ2) is 11.5. The van der Waals surface area contributed by atoms with Crippen LogP contribution in [0.1, 0.15) is 119 Å². The van der Waals surface area contributed by atoms with Crippen molar-refractivity contribution in [3.05, 3.63) is 47.6 Å². The molecule has 1 aromatic rings. The van der Waals surface area contributed by atoms with E-state index in [1.165, 1.54) is 18.6 Å². The fourth-order valence-electron chi connectivity index (χ4n) is 12.4. The number of carbonyl (C=O) groups excluding carboxylic acids is 2. The van der Waals surface area contributed by atoms with E-state index in [0.717, 1.165) is 50.5 Å². The van der Waals surface area contributed by atoms with Crippen LogP contribution in [0.25, 0.3) is 6.08 Å². The smallest absolute Gasteiger partial charge is 0.331 e. The number of benzene rings is 1. The van der Waals surface area contributed by atoms with Gasteiger partial charge in [-0.05, 0) is 121 Å². The molecule has 0 spiro atoms. The fraction of sp³-hybridized carbons (Fsp3) is 0.683. The molecule has 0 aliphatic heterocycles. The minimum atomic E-state index is -0.695. The molecule has 48 heavy (non-hydrogen) atoms. The number of aliphatic carboxylic acids is 1. The van der Waals surface area contributed by atoms with Crippen molar-refractivity contribution in [1.82, 2.24) is 0 Å². The predicted molar refractivity (Wildman–Crippen MR) is 185 cm³/mol. The molecule has 0 radical (unpaired) electrons. The van der Waals surface area contributed by atoms with Crippen LogP contribution in [0, 0.1) is 50.2 Å². The van der Waals surface area contributed by atoms with E-state index in [1.807, 2.05) is 0 Å². The Bertz CT molecular complexity index is 1540. The number of carboxylic acids is 1. The monoisotopic (exact) mass is 660 g/mol. The van der Waals surface area contributed by atoms with Crippen molar-refractivity contribution in [2.45, 2.75) is 125 Å². The zero-order chi connectivity index (χ0) is 35.1. The highest BCUT2D eigenvalue weighted by molar-refractivity contribution is 5.87. The van der Waals surface area contributed by atoms with Crippen LogP contribution < -0.4 is 0 Å². The van der Waals surface area contributed by atoms with E-state index >= 15 is 0 Å². The molecule has 5 aliphatic carbocycles. The molecular weight excluding hydrogens is 604 g/mol. The summed E-state index contributed by atoms with van der Waals surface area (Å²) < 4.78 is 12.3. The molecule has 1 aromatic carbocycles. The largest absolute Gasteiger partial charge is 0.508 e. The summed E-state index contributed by atoms with van der Waals surface area (Å²) in [6.45, 7) is 17.6. The SMILES string of the molecule is CC(=O)O[C@@H]1C[C@]2(C)[C@H]3CC[C@]4(C)C(=CC[C@@]5(C(=O)O)CCC(C)(C)C[C@H]54)[C@]3(C)CC[C@H]2C(C)(C)[C@@H]1OC(=O)/C=C/c1ccc(O)cc1. The van der Waals surface area contributed by atoms with Gasteiger partial charge in [0.1, 0.15) is 18.0 Å². The van der Waals surface area contributed by atoms with Gasteiger partial charge in [0.2, 0.25) is 0 Å². The Morgan fingerprint density at radius 3 is 2.06 bits per heavy atom. The van der Waals surface area contributed by atoms with Crippen molar-refractivity contribution < 1.29 is 34.1 Å². The predicted octanol–water partition coefficient (Wildman–Crippen LogP) is 8.75. The van der Waals surface area contributed by atoms with Crippen molar-refractivity contribution in [3.63, 3.8) is 0 Å². The molecule has 0 bridgehead atoms. The summed E-state index contributed by atoms with van der Waals surface area (Å²) in [6.07, 6.45) is 12.0. The highest BCUT2D eigenvalue weighted by Crippen LogP contribution is 2.75. The molecule has 2 N–H and O–H groups in total. The molecule has 7 heteroatoms. The third kappa shape index (κ3) is 5.33. The molecule has 4 saturated carbocycles. The molecule has 9 atom stereocenters. The Morgan fingerprint density at radius 1 is 0.812 bits per heavy atom. The van der Waals surface area contributed by atoms with Gasteiger partial charge in [-0.2, -0.15) is 0 Å². The standard InChI is InChI=1S/C41H56O7/c1-25(42)47-28-23-40(8)29(37(4,5)34(28)48-33(44)14-11-26-9-12-27(43)13-10-26)15-18-38(6)30-17-20-41(35(45)46)22-21-36(2,3)24-32(41)39(30,7)19-16-31(38)40/h9-14,17,28-29,31-32,34,43H,15-16,18-24H2,1-8H3,(H,45,46)/b14-11+/t28-,29+,31+,32+,34-,38+,39-,40+,41-/m1/s1. The van der Waals surface area contributed by atoms with Crippen LogP contribution in [0.5, 0.6) is 5.75 Å². The first-order chi connectivity index (χ1) is 22.3. The molecule has 0 saturated heterocycles. The van der Waals surface area contributed by atoms with Crippen LogP contribution in [0.3, 0.4) is 0 Å². The average Bonchev–Trinajstić information content (AvgIpc) is 2.98. The van der Waals surface area contributed by atoms with Gasteiger partial charge in [-0.1, -0.05) is 72.2 Å². The van der Waals surface area contributed by atoms with Crippen LogP contribution in [0.15, 0.2) is 42.0 Å². The molecule has 0 aromatic heterocycles. The number of esters is 2. The molecule has 262 valence electrons. The summed E-state index contributed by atoms with van der Waals surface area (Å²) in [5, 5.41) is 20.3. The zero-order valence-electron chi connectivity index (χ0n) is 30.2. The molecule has 0 amide bonds. The lowest BCUT2D eigenvalue weighted by atomic mass is 9.34. The van der Waals surface area contributed by atoms with Crippen molar-refractivity contribution in [3.8, 4) is 5.75 Å². The maximum absolute atomic E-state index is 13.3. The first-order valence-electron chi connectivity index (χ1n) is 18.1. The number of hydrogen-bond acceptors (Lipinski definition) is 6. The third-order valence-corrected chi connectivity index (χ3v) is 14.5. The van der Waals surface area contributed by atoms with Gasteiger partial charge < -0.3 is 19.7 Å². The van der Waals surface area contributed by atoms with Crippen molar-refractivity contribution >= 4 is 24.0 Å². The van der Waals surface area contributed by atoms with E-state index in [1.54, 1.807) is 30.3 Å². The molecule has 4 fully saturated rings. The Hall–Kier alpha value is -3.09. The van der Waals surface area contributed by atoms with E-state index in [2.05, 4.69) is 54.5 Å². The third-order valence-electron chi connectivity index (χ3n) is 14.5. The van der Waals surface area contributed by atoms with E-state index in [4.69, 9.17) is 9.47 Å². The Morgan fingerprint density at radius 2 is 1.44 bits per heavy atom. The highest BCUT2D eigenvalue weighted by Gasteiger charge is 2.70. The first-order valence-corrected chi connectivity index (χ1v) is 18.1. The van der Waals surface area contributed by atoms with Gasteiger partial charge >= 0.3 is 17.9 Å². The summed E-state index contributed by atoms with van der Waals surface area (Å²) in [7, 11) is 0. The number of aromatic hydroxyl groups is 1. The topological polar surface area (TPSA) is 110 Å². The van der Waals surface area contributed by atoms with Gasteiger partial charge in [-0.25, -0.2) is 4.79 Å². The van der Waals surface area contributed by atoms with Crippen molar-refractivity contribution in [2.24, 2.45) is 50.2 Å². The van der Waals surface area contributed by atoms with Crippen molar-refractivity contribution in [1.29, 1.82) is 0 Å². The molecule has 7 nitrogen and oxygen atoms in total. The van der Waals surface area contributed by atoms with E-state index in [-0.39, 0.29) is 45.2 Å². The molecule has 6 rings (SSSR count). The van der Waals surface area contributed by atoms with Crippen molar-refractivity contribution in [2.75, 3.05) is 0 Å². The number of ether oxygens (including phenoxy) is 2. The average molecular weight is 661 g/mol. The number of rotatable bonds is 5. The van der Waals surface area contributed by atoms with Crippen LogP contribution in [0.4, 0.5) is 0 Å². The lowest BCUT2D eigenvalue weighted by molar-refractivity contribution is -0.234. The number of phenols is 1. The second-order valence-electron chi connectivity index (χ2n) is 18.2. The summed E-state index contributed by atoms with van der Waals surface area (Å²) in [5.41, 5.74) is 0.733. The van der Waals surface area contributed by atoms with Crippen LogP contribution in [0.2, 0.25) is 0 Å². The second-order valence-corrected chi connectivity index (χ2v) is 18.2.